The van der Waals surface area contributed by atoms with E-state index in [4.69, 9.17) is 20.2 Å². The fraction of sp³-hybridized carbons (Fsp3) is 0.357. The normalized spacial score (nSPS) is 11.7. The highest BCUT2D eigenvalue weighted by Crippen LogP contribution is 2.18. The predicted molar refractivity (Wildman–Crippen MR) is 79.1 cm³/mol. The summed E-state index contributed by atoms with van der Waals surface area (Å²) in [7, 11) is 0.115. The molecule has 0 aliphatic carbocycles. The van der Waals surface area contributed by atoms with Crippen LogP contribution >= 0.6 is 0 Å². The molecule has 0 unspecified atom stereocenters. The second kappa shape index (κ2) is 9.17. The largest absolute Gasteiger partial charge is 0.493 e. The third-order valence-electron chi connectivity index (χ3n) is 2.78. The summed E-state index contributed by atoms with van der Waals surface area (Å²) in [5.41, 5.74) is 6.13. The highest BCUT2D eigenvalue weighted by atomic mass is 16.5. The van der Waals surface area contributed by atoms with Crippen molar-refractivity contribution in [3.63, 3.8) is 0 Å². The van der Waals surface area contributed by atoms with E-state index in [0.29, 0.717) is 13.0 Å². The number of benzene rings is 1. The van der Waals surface area contributed by atoms with Gasteiger partial charge in [-0.15, -0.1) is 6.58 Å². The molecule has 1 aromatic carbocycles. The SMILES string of the molecule is C=CCCOc1ccc(C[C@H](BOCN)C(=O)O)cc1. The van der Waals surface area contributed by atoms with E-state index in [1.54, 1.807) is 6.08 Å². The first kappa shape index (κ1) is 16.3. The number of nitrogens with two attached hydrogens (primary N) is 1. The number of carbonyl (C=O) groups is 1. The molecule has 5 nitrogen and oxygen atoms in total. The third kappa shape index (κ3) is 5.90. The molecule has 0 aliphatic heterocycles. The molecule has 20 heavy (non-hydrogen) atoms. The highest BCUT2D eigenvalue weighted by Gasteiger charge is 2.20. The molecule has 108 valence electrons. The van der Waals surface area contributed by atoms with Gasteiger partial charge in [0.2, 0.25) is 0 Å². The fourth-order valence-electron chi connectivity index (χ4n) is 1.69. The van der Waals surface area contributed by atoms with Crippen LogP contribution in [-0.2, 0) is 15.9 Å². The van der Waals surface area contributed by atoms with Crippen LogP contribution in [0.2, 0.25) is 5.82 Å². The van der Waals surface area contributed by atoms with E-state index in [1.165, 1.54) is 0 Å². The van der Waals surface area contributed by atoms with Crippen LogP contribution in [0.5, 0.6) is 5.75 Å². The minimum absolute atomic E-state index is 0.0276. The second-order valence-corrected chi connectivity index (χ2v) is 4.35. The Morgan fingerprint density at radius 1 is 1.45 bits per heavy atom. The zero-order valence-electron chi connectivity index (χ0n) is 11.5. The van der Waals surface area contributed by atoms with Gasteiger partial charge < -0.3 is 20.2 Å². The number of rotatable bonds is 10. The van der Waals surface area contributed by atoms with Crippen LogP contribution in [0.1, 0.15) is 12.0 Å². The summed E-state index contributed by atoms with van der Waals surface area (Å²) in [6, 6.07) is 7.39. The molecule has 0 spiro atoms. The number of carboxylic acid groups (broad SMARTS) is 1. The Hall–Kier alpha value is -1.79. The van der Waals surface area contributed by atoms with Gasteiger partial charge in [-0.05, 0) is 30.5 Å². The van der Waals surface area contributed by atoms with Gasteiger partial charge in [0.25, 0.3) is 7.48 Å². The van der Waals surface area contributed by atoms with Crippen molar-refractivity contribution in [3.8, 4) is 5.75 Å². The van der Waals surface area contributed by atoms with Gasteiger partial charge >= 0.3 is 5.97 Å². The lowest BCUT2D eigenvalue weighted by molar-refractivity contribution is -0.137. The summed E-state index contributed by atoms with van der Waals surface area (Å²) < 4.78 is 10.5. The van der Waals surface area contributed by atoms with E-state index < -0.39 is 11.8 Å². The Labute approximate surface area is 119 Å². The van der Waals surface area contributed by atoms with Crippen LogP contribution in [0.25, 0.3) is 0 Å². The number of hydrogen-bond acceptors (Lipinski definition) is 4. The minimum Gasteiger partial charge on any atom is -0.493 e. The van der Waals surface area contributed by atoms with Crippen molar-refractivity contribution in [2.75, 3.05) is 13.3 Å². The fourth-order valence-corrected chi connectivity index (χ4v) is 1.69. The maximum Gasteiger partial charge on any atom is 0.301 e. The van der Waals surface area contributed by atoms with Crippen LogP contribution in [0.15, 0.2) is 36.9 Å². The van der Waals surface area contributed by atoms with Crippen molar-refractivity contribution in [1.29, 1.82) is 0 Å². The molecule has 0 heterocycles. The molecule has 3 N–H and O–H groups in total. The molecule has 0 radical (unpaired) electrons. The Kier molecular flexibility index (Phi) is 7.46. The van der Waals surface area contributed by atoms with Gasteiger partial charge in [-0.1, -0.05) is 18.2 Å². The van der Waals surface area contributed by atoms with Gasteiger partial charge in [0, 0.05) is 0 Å². The topological polar surface area (TPSA) is 81.8 Å². The Morgan fingerprint density at radius 3 is 2.70 bits per heavy atom. The third-order valence-corrected chi connectivity index (χ3v) is 2.78. The smallest absolute Gasteiger partial charge is 0.301 e. The van der Waals surface area contributed by atoms with Crippen molar-refractivity contribution >= 4 is 13.5 Å². The molecule has 0 aliphatic rings. The van der Waals surface area contributed by atoms with Crippen LogP contribution in [0.3, 0.4) is 0 Å². The molecule has 0 fully saturated rings. The number of ether oxygens (including phenoxy) is 1. The average molecular weight is 277 g/mol. The molecule has 1 rings (SSSR count). The van der Waals surface area contributed by atoms with E-state index in [9.17, 15) is 4.79 Å². The van der Waals surface area contributed by atoms with Gasteiger partial charge in [0.15, 0.2) is 0 Å². The van der Waals surface area contributed by atoms with Crippen molar-refractivity contribution in [3.05, 3.63) is 42.5 Å². The second-order valence-electron chi connectivity index (χ2n) is 4.35. The lowest BCUT2D eigenvalue weighted by Gasteiger charge is -2.11. The lowest BCUT2D eigenvalue weighted by Crippen LogP contribution is -2.21. The summed E-state index contributed by atoms with van der Waals surface area (Å²) >= 11 is 0. The molecule has 1 atom stereocenters. The molecule has 0 saturated heterocycles. The Morgan fingerprint density at radius 2 is 2.15 bits per heavy atom. The van der Waals surface area contributed by atoms with Crippen molar-refractivity contribution in [2.24, 2.45) is 5.73 Å². The first-order valence-corrected chi connectivity index (χ1v) is 6.50. The standard InChI is InChI=1S/C14H20BNO4/c1-2-3-8-19-12-6-4-11(5-7-12)9-13(14(17)18)15-20-10-16/h2,4-7,13,15H,1,3,8-10,16H2,(H,17,18)/t13-/m0/s1. The first-order valence-electron chi connectivity index (χ1n) is 6.50. The van der Waals surface area contributed by atoms with Crippen molar-refractivity contribution < 1.29 is 19.3 Å². The molecule has 1 aromatic rings. The number of carboxylic acids is 1. The average Bonchev–Trinajstić information content (AvgIpc) is 2.45. The molecule has 0 saturated carbocycles. The van der Waals surface area contributed by atoms with Crippen LogP contribution in [-0.4, -0.2) is 31.9 Å². The first-order chi connectivity index (χ1) is 9.67. The van der Waals surface area contributed by atoms with E-state index in [-0.39, 0.29) is 14.2 Å². The van der Waals surface area contributed by atoms with E-state index in [1.807, 2.05) is 24.3 Å². The number of hydrogen-bond donors (Lipinski definition) is 2. The number of aliphatic carboxylic acids is 1. The monoisotopic (exact) mass is 277 g/mol. The van der Waals surface area contributed by atoms with Crippen LogP contribution < -0.4 is 10.5 Å². The minimum atomic E-state index is -0.884. The maximum atomic E-state index is 11.1. The van der Waals surface area contributed by atoms with E-state index in [0.717, 1.165) is 17.7 Å². The summed E-state index contributed by atoms with van der Waals surface area (Å²) in [5, 5.41) is 9.10. The summed E-state index contributed by atoms with van der Waals surface area (Å²) in [6.07, 6.45) is 2.99. The molecular formula is C14H20BNO4. The quantitative estimate of drug-likeness (QED) is 0.292. The molecule has 0 amide bonds. The van der Waals surface area contributed by atoms with Gasteiger partial charge in [-0.3, -0.25) is 4.79 Å². The van der Waals surface area contributed by atoms with Crippen molar-refractivity contribution in [1.82, 2.24) is 0 Å². The van der Waals surface area contributed by atoms with E-state index in [2.05, 4.69) is 6.58 Å². The van der Waals surface area contributed by atoms with Gasteiger partial charge in [0.1, 0.15) is 5.75 Å². The molecule has 0 aromatic heterocycles. The van der Waals surface area contributed by atoms with Gasteiger partial charge in [-0.25, -0.2) is 0 Å². The summed E-state index contributed by atoms with van der Waals surface area (Å²) in [5.74, 6) is -0.712. The molecular weight excluding hydrogens is 257 g/mol. The zero-order valence-corrected chi connectivity index (χ0v) is 11.5. The maximum absolute atomic E-state index is 11.1. The zero-order chi connectivity index (χ0) is 14.8. The van der Waals surface area contributed by atoms with Gasteiger partial charge in [-0.2, -0.15) is 0 Å². The summed E-state index contributed by atoms with van der Waals surface area (Å²) in [4.78, 5) is 11.1. The van der Waals surface area contributed by atoms with E-state index >= 15 is 0 Å². The van der Waals surface area contributed by atoms with Crippen LogP contribution in [0.4, 0.5) is 0 Å². The van der Waals surface area contributed by atoms with Crippen LogP contribution in [0, 0.1) is 0 Å². The van der Waals surface area contributed by atoms with Gasteiger partial charge in [0.05, 0.1) is 19.2 Å². The lowest BCUT2D eigenvalue weighted by atomic mass is 9.76. The Bertz CT molecular complexity index is 422. The predicted octanol–water partition coefficient (Wildman–Crippen LogP) is 1.34. The Balaban J connectivity index is 2.53. The highest BCUT2D eigenvalue weighted by molar-refractivity contribution is 6.36. The van der Waals surface area contributed by atoms with Crippen molar-refractivity contribution in [2.45, 2.75) is 18.7 Å². The molecule has 0 bridgehead atoms. The summed E-state index contributed by atoms with van der Waals surface area (Å²) in [6.45, 7) is 4.24. The molecule has 6 heteroatoms.